The van der Waals surface area contributed by atoms with Gasteiger partial charge in [-0.25, -0.2) is 18.2 Å². The molecule has 4 amide bonds. The molecular weight excluding hydrogens is 660 g/mol. The number of hydrogen-bond acceptors (Lipinski definition) is 9. The fourth-order valence-corrected chi connectivity index (χ4v) is 8.28. The molecule has 2 aromatic carbocycles. The predicted octanol–water partition coefficient (Wildman–Crippen LogP) is 3.71. The van der Waals surface area contributed by atoms with E-state index in [4.69, 9.17) is 19.4 Å². The van der Waals surface area contributed by atoms with Crippen molar-refractivity contribution in [3.63, 3.8) is 0 Å². The summed E-state index contributed by atoms with van der Waals surface area (Å²) in [5, 5.41) is 2.97. The van der Waals surface area contributed by atoms with Gasteiger partial charge >= 0.3 is 6.03 Å². The fraction of sp³-hybridized carbons (Fsp3) is 0.472. The van der Waals surface area contributed by atoms with Gasteiger partial charge in [0.05, 0.1) is 29.8 Å². The number of fused-ring (bicyclic) bond motifs is 3. The van der Waals surface area contributed by atoms with E-state index in [1.807, 2.05) is 61.5 Å². The number of amides is 4. The summed E-state index contributed by atoms with van der Waals surface area (Å²) < 4.78 is 39.9. The predicted molar refractivity (Wildman–Crippen MR) is 186 cm³/mol. The zero-order valence-corrected chi connectivity index (χ0v) is 29.2. The third-order valence-electron chi connectivity index (χ3n) is 10.1. The quantitative estimate of drug-likeness (QED) is 0.350. The van der Waals surface area contributed by atoms with Crippen molar-refractivity contribution in [3.05, 3.63) is 60.2 Å². The van der Waals surface area contributed by atoms with Crippen LogP contribution in [0.2, 0.25) is 0 Å². The van der Waals surface area contributed by atoms with Crippen molar-refractivity contribution < 1.29 is 32.3 Å². The van der Waals surface area contributed by atoms with E-state index in [0.29, 0.717) is 47.7 Å². The van der Waals surface area contributed by atoms with E-state index in [9.17, 15) is 22.8 Å². The summed E-state index contributed by atoms with van der Waals surface area (Å²) in [5.74, 6) is -0.223. The third-order valence-corrected chi connectivity index (χ3v) is 11.9. The van der Waals surface area contributed by atoms with Gasteiger partial charge in [-0.2, -0.15) is 4.98 Å². The molecule has 3 heterocycles. The third kappa shape index (κ3) is 6.60. The van der Waals surface area contributed by atoms with Crippen LogP contribution in [-0.4, -0.2) is 96.2 Å². The van der Waals surface area contributed by atoms with Crippen LogP contribution in [0.1, 0.15) is 50.5 Å². The summed E-state index contributed by atoms with van der Waals surface area (Å²) in [6.45, 7) is 2.52. The van der Waals surface area contributed by atoms with E-state index in [1.54, 1.807) is 19.1 Å². The molecule has 4 atom stereocenters. The Morgan fingerprint density at radius 2 is 1.88 bits per heavy atom. The average molecular weight is 703 g/mol. The summed E-state index contributed by atoms with van der Waals surface area (Å²) in [4.78, 5) is 54.3. The maximum Gasteiger partial charge on any atom is 0.320 e. The second-order valence-corrected chi connectivity index (χ2v) is 15.7. The van der Waals surface area contributed by atoms with Crippen molar-refractivity contribution >= 4 is 38.8 Å². The van der Waals surface area contributed by atoms with Crippen LogP contribution >= 0.6 is 0 Å². The summed E-state index contributed by atoms with van der Waals surface area (Å²) in [6.07, 6.45) is 6.94. The first-order chi connectivity index (χ1) is 24.0. The number of sulfonamides is 1. The molecule has 1 aromatic heterocycles. The van der Waals surface area contributed by atoms with Crippen LogP contribution in [0.25, 0.3) is 22.3 Å². The number of benzene rings is 2. The monoisotopic (exact) mass is 702 g/mol. The minimum atomic E-state index is -3.84. The van der Waals surface area contributed by atoms with Crippen LogP contribution in [0.3, 0.4) is 0 Å². The van der Waals surface area contributed by atoms with E-state index >= 15 is 0 Å². The van der Waals surface area contributed by atoms with Crippen molar-refractivity contribution in [2.24, 2.45) is 5.92 Å². The van der Waals surface area contributed by atoms with Gasteiger partial charge in [0, 0.05) is 37.6 Å². The number of aryl methyl sites for hydroxylation is 1. The lowest BCUT2D eigenvalue weighted by molar-refractivity contribution is -0.131. The van der Waals surface area contributed by atoms with E-state index in [2.05, 4.69) is 10.0 Å². The highest BCUT2D eigenvalue weighted by molar-refractivity contribution is 7.91. The van der Waals surface area contributed by atoms with Crippen molar-refractivity contribution in [3.8, 4) is 23.0 Å². The highest BCUT2D eigenvalue weighted by Crippen LogP contribution is 2.46. The second kappa shape index (κ2) is 13.2. The van der Waals surface area contributed by atoms with E-state index in [0.717, 1.165) is 30.4 Å². The SMILES string of the molecule is COc1cc2nc(-c3ccccc3)nc(O[C@@H]3C[C@H]4C(=O)N[C@]5(C(=O)NS(=O)(=O)C6CC6)C[C@@H]5/C=C\CCCCN(C)C(=O)N4C3)c2cc1C. The first kappa shape index (κ1) is 33.8. The number of hydrogen-bond donors (Lipinski definition) is 2. The van der Waals surface area contributed by atoms with Crippen molar-refractivity contribution in [1.29, 1.82) is 0 Å². The van der Waals surface area contributed by atoms with Crippen molar-refractivity contribution in [2.45, 2.75) is 74.8 Å². The molecule has 2 aliphatic carbocycles. The highest BCUT2D eigenvalue weighted by Gasteiger charge is 2.62. The van der Waals surface area contributed by atoms with Crippen LogP contribution in [0.4, 0.5) is 4.79 Å². The van der Waals surface area contributed by atoms with Gasteiger partial charge in [-0.15, -0.1) is 0 Å². The smallest absolute Gasteiger partial charge is 0.320 e. The zero-order valence-electron chi connectivity index (χ0n) is 28.4. The van der Waals surface area contributed by atoms with Gasteiger partial charge in [0.1, 0.15) is 23.4 Å². The highest BCUT2D eigenvalue weighted by atomic mass is 32.2. The lowest BCUT2D eigenvalue weighted by atomic mass is 10.1. The molecule has 50 heavy (non-hydrogen) atoms. The number of aromatic nitrogens is 2. The van der Waals surface area contributed by atoms with E-state index in [1.165, 1.54) is 4.90 Å². The molecule has 14 heteroatoms. The second-order valence-electron chi connectivity index (χ2n) is 13.8. The molecule has 2 N–H and O–H groups in total. The molecule has 1 saturated heterocycles. The van der Waals surface area contributed by atoms with Gasteiger partial charge in [0.2, 0.25) is 21.8 Å². The average Bonchev–Trinajstić information content (AvgIpc) is 4.03. The molecule has 13 nitrogen and oxygen atoms in total. The van der Waals surface area contributed by atoms with Gasteiger partial charge in [0.25, 0.3) is 5.91 Å². The summed E-state index contributed by atoms with van der Waals surface area (Å²) in [6, 6.07) is 11.9. The first-order valence-electron chi connectivity index (χ1n) is 17.1. The van der Waals surface area contributed by atoms with Crippen LogP contribution in [0, 0.1) is 12.8 Å². The summed E-state index contributed by atoms with van der Waals surface area (Å²) in [5.41, 5.74) is 0.839. The number of carbonyl (C=O) groups is 3. The summed E-state index contributed by atoms with van der Waals surface area (Å²) in [7, 11) is -0.529. The van der Waals surface area contributed by atoms with Crippen molar-refractivity contribution in [1.82, 2.24) is 29.8 Å². The van der Waals surface area contributed by atoms with Crippen LogP contribution in [0.15, 0.2) is 54.6 Å². The van der Waals surface area contributed by atoms with Crippen LogP contribution in [-0.2, 0) is 19.6 Å². The minimum absolute atomic E-state index is 0.0984. The number of urea groups is 1. The molecule has 0 bridgehead atoms. The normalized spacial score (nSPS) is 26.3. The van der Waals surface area contributed by atoms with E-state index in [-0.39, 0.29) is 31.3 Å². The van der Waals surface area contributed by atoms with Crippen LogP contribution in [0.5, 0.6) is 11.6 Å². The Kier molecular flexibility index (Phi) is 8.91. The fourth-order valence-electron chi connectivity index (χ4n) is 6.92. The Labute approximate surface area is 291 Å². The Morgan fingerprint density at radius 1 is 1.10 bits per heavy atom. The van der Waals surface area contributed by atoms with Gasteiger partial charge in [0.15, 0.2) is 5.82 Å². The lowest BCUT2D eigenvalue weighted by Gasteiger charge is -2.30. The molecule has 2 saturated carbocycles. The standard InChI is InChI=1S/C36H42N6O7S/c1-22-17-27-28(19-30(22)48-3)37-31(23-11-7-6-8-12-23)38-33(27)49-25-18-29-32(43)39-36(34(44)40-50(46,47)26-14-15-26)20-24(36)13-9-4-5-10-16-41(2)35(45)42(29)21-25/h6-9,11-13,17,19,24-26,29H,4-5,10,14-16,18,20-21H2,1-3H3,(H,39,43)(H,40,44)/b13-9-/t24-,25+,29-,36+/m0/s1. The maximum absolute atomic E-state index is 14.2. The number of nitrogens with zero attached hydrogens (tertiary/aromatic N) is 4. The molecule has 3 fully saturated rings. The number of methoxy groups -OCH3 is 1. The van der Waals surface area contributed by atoms with Gasteiger partial charge in [-0.3, -0.25) is 14.3 Å². The zero-order chi connectivity index (χ0) is 35.2. The molecule has 3 aromatic rings. The number of ether oxygens (including phenoxy) is 2. The number of nitrogens with one attached hydrogen (secondary N) is 2. The Morgan fingerprint density at radius 3 is 2.62 bits per heavy atom. The summed E-state index contributed by atoms with van der Waals surface area (Å²) >= 11 is 0. The van der Waals surface area contributed by atoms with Crippen LogP contribution < -0.4 is 19.5 Å². The van der Waals surface area contributed by atoms with Gasteiger partial charge in [-0.1, -0.05) is 42.5 Å². The maximum atomic E-state index is 14.2. The first-order valence-corrected chi connectivity index (χ1v) is 18.7. The molecular formula is C36H42N6O7S. The van der Waals surface area contributed by atoms with Gasteiger partial charge in [-0.05, 0) is 57.1 Å². The Hall–Kier alpha value is -4.72. The van der Waals surface area contributed by atoms with Gasteiger partial charge < -0.3 is 24.6 Å². The molecule has 0 spiro atoms. The molecule has 4 aliphatic rings. The lowest BCUT2D eigenvalue weighted by Crippen LogP contribution is -2.57. The van der Waals surface area contributed by atoms with Crippen molar-refractivity contribution in [2.75, 3.05) is 27.2 Å². The number of rotatable bonds is 7. The Bertz CT molecular complexity index is 1970. The molecule has 264 valence electrons. The topological polar surface area (TPSA) is 160 Å². The minimum Gasteiger partial charge on any atom is -0.496 e. The molecule has 7 rings (SSSR count). The number of carbonyl (C=O) groups excluding carboxylic acids is 3. The molecule has 2 aliphatic heterocycles. The van der Waals surface area contributed by atoms with E-state index < -0.39 is 44.8 Å². The Balaban J connectivity index is 1.21. The largest absolute Gasteiger partial charge is 0.496 e. The number of allylic oxidation sites excluding steroid dienone is 1. The molecule has 0 unspecified atom stereocenters. The molecule has 0 radical (unpaired) electrons.